The van der Waals surface area contributed by atoms with E-state index in [2.05, 4.69) is 15.5 Å². The van der Waals surface area contributed by atoms with Crippen LogP contribution in [0.2, 0.25) is 0 Å². The highest BCUT2D eigenvalue weighted by Crippen LogP contribution is 2.38. The molecule has 0 radical (unpaired) electrons. The van der Waals surface area contributed by atoms with Gasteiger partial charge in [-0.05, 0) is 42.5 Å². The first-order chi connectivity index (χ1) is 13.2. The number of fused-ring (bicyclic) bond motifs is 1. The van der Waals surface area contributed by atoms with Crippen molar-refractivity contribution in [2.45, 2.75) is 38.1 Å². The predicted octanol–water partition coefficient (Wildman–Crippen LogP) is 2.27. The van der Waals surface area contributed by atoms with Gasteiger partial charge in [0.15, 0.2) is 17.3 Å². The summed E-state index contributed by atoms with van der Waals surface area (Å²) in [5.41, 5.74) is 2.28. The van der Waals surface area contributed by atoms with Crippen LogP contribution in [0.1, 0.15) is 41.6 Å². The van der Waals surface area contributed by atoms with E-state index in [1.54, 1.807) is 19.1 Å². The van der Waals surface area contributed by atoms with Gasteiger partial charge in [-0.1, -0.05) is 5.16 Å². The highest BCUT2D eigenvalue weighted by atomic mass is 16.5. The Labute approximate surface area is 157 Å². The van der Waals surface area contributed by atoms with Crippen molar-refractivity contribution in [2.75, 3.05) is 27.3 Å². The summed E-state index contributed by atoms with van der Waals surface area (Å²) in [6.07, 6.45) is 3.62. The molecule has 0 atom stereocenters. The number of benzene rings is 1. The van der Waals surface area contributed by atoms with Gasteiger partial charge >= 0.3 is 6.03 Å². The Morgan fingerprint density at radius 1 is 1.26 bits per heavy atom. The Balaban J connectivity index is 1.31. The normalized spacial score (nSPS) is 16.0. The predicted molar refractivity (Wildman–Crippen MR) is 97.0 cm³/mol. The maximum Gasteiger partial charge on any atom is 0.317 e. The second-order valence-corrected chi connectivity index (χ2v) is 6.95. The van der Waals surface area contributed by atoms with Gasteiger partial charge in [-0.15, -0.1) is 0 Å². The number of carbonyl (C=O) groups excluding carboxylic acids is 1. The summed E-state index contributed by atoms with van der Waals surface area (Å²) >= 11 is 0. The standard InChI is InChI=1S/C19H24N4O4/c1-25-15-9-13-6-8-23(11-14(13)10-16(15)26-2)19(24)20-7-5-17-21-18(27-22-17)12-3-4-12/h9-10,12H,3-8,11H2,1-2H3,(H,20,24). The molecule has 0 saturated heterocycles. The number of carbonyl (C=O) groups is 1. The minimum Gasteiger partial charge on any atom is -0.493 e. The molecule has 0 spiro atoms. The van der Waals surface area contributed by atoms with Crippen molar-refractivity contribution in [1.29, 1.82) is 0 Å². The van der Waals surface area contributed by atoms with Crippen LogP contribution in [-0.4, -0.2) is 48.4 Å². The SMILES string of the molecule is COc1cc2c(cc1OC)CN(C(=O)NCCc1noc(C3CC3)n1)CC2. The molecule has 4 rings (SSSR count). The summed E-state index contributed by atoms with van der Waals surface area (Å²) in [4.78, 5) is 18.7. The van der Waals surface area contributed by atoms with E-state index in [1.807, 2.05) is 12.1 Å². The van der Waals surface area contributed by atoms with Crippen LogP contribution in [-0.2, 0) is 19.4 Å². The van der Waals surface area contributed by atoms with Crippen molar-refractivity contribution < 1.29 is 18.8 Å². The van der Waals surface area contributed by atoms with Gasteiger partial charge in [0, 0.05) is 32.0 Å². The van der Waals surface area contributed by atoms with Crippen molar-refractivity contribution >= 4 is 6.03 Å². The van der Waals surface area contributed by atoms with Crippen LogP contribution < -0.4 is 14.8 Å². The maximum absolute atomic E-state index is 12.5. The number of nitrogens with one attached hydrogen (secondary N) is 1. The molecule has 8 nitrogen and oxygen atoms in total. The minimum absolute atomic E-state index is 0.0821. The van der Waals surface area contributed by atoms with Gasteiger partial charge in [0.05, 0.1) is 14.2 Å². The number of ether oxygens (including phenoxy) is 2. The van der Waals surface area contributed by atoms with E-state index in [-0.39, 0.29) is 6.03 Å². The number of aromatic nitrogens is 2. The number of urea groups is 1. The van der Waals surface area contributed by atoms with Gasteiger partial charge in [-0.25, -0.2) is 4.79 Å². The number of hydrogen-bond donors (Lipinski definition) is 1. The number of rotatable bonds is 6. The van der Waals surface area contributed by atoms with Crippen molar-refractivity contribution in [3.05, 3.63) is 35.0 Å². The molecule has 2 heterocycles. The van der Waals surface area contributed by atoms with Crippen LogP contribution in [0.4, 0.5) is 4.79 Å². The summed E-state index contributed by atoms with van der Waals surface area (Å²) < 4.78 is 16.0. The van der Waals surface area contributed by atoms with E-state index in [0.717, 1.165) is 36.5 Å². The molecule has 2 aliphatic rings. The third kappa shape index (κ3) is 3.84. The van der Waals surface area contributed by atoms with E-state index in [9.17, 15) is 4.79 Å². The second-order valence-electron chi connectivity index (χ2n) is 6.95. The molecule has 1 N–H and O–H groups in total. The van der Waals surface area contributed by atoms with Crippen molar-refractivity contribution in [2.24, 2.45) is 0 Å². The Bertz CT molecular complexity index is 831. The van der Waals surface area contributed by atoms with Crippen molar-refractivity contribution in [3.63, 3.8) is 0 Å². The fraction of sp³-hybridized carbons (Fsp3) is 0.526. The van der Waals surface area contributed by atoms with Crippen LogP contribution in [0.5, 0.6) is 11.5 Å². The largest absolute Gasteiger partial charge is 0.493 e. The number of methoxy groups -OCH3 is 2. The molecule has 8 heteroatoms. The maximum atomic E-state index is 12.5. The summed E-state index contributed by atoms with van der Waals surface area (Å²) in [5.74, 6) is 3.23. The number of nitrogens with zero attached hydrogens (tertiary/aromatic N) is 3. The lowest BCUT2D eigenvalue weighted by Gasteiger charge is -2.29. The summed E-state index contributed by atoms with van der Waals surface area (Å²) in [6.45, 7) is 1.70. The second kappa shape index (κ2) is 7.46. The van der Waals surface area contributed by atoms with Gasteiger partial charge in [0.1, 0.15) is 0 Å². The minimum atomic E-state index is -0.0821. The highest BCUT2D eigenvalue weighted by Gasteiger charge is 2.29. The van der Waals surface area contributed by atoms with E-state index in [1.165, 1.54) is 5.56 Å². The lowest BCUT2D eigenvalue weighted by Crippen LogP contribution is -2.43. The average molecular weight is 372 g/mol. The molecule has 27 heavy (non-hydrogen) atoms. The number of hydrogen-bond acceptors (Lipinski definition) is 6. The first-order valence-corrected chi connectivity index (χ1v) is 9.27. The quantitative estimate of drug-likeness (QED) is 0.837. The van der Waals surface area contributed by atoms with Gasteiger partial charge in [-0.3, -0.25) is 0 Å². The monoisotopic (exact) mass is 372 g/mol. The molecule has 2 aromatic rings. The van der Waals surface area contributed by atoms with Crippen LogP contribution in [0, 0.1) is 0 Å². The van der Waals surface area contributed by atoms with Crippen LogP contribution >= 0.6 is 0 Å². The molecule has 1 saturated carbocycles. The van der Waals surface area contributed by atoms with Gasteiger partial charge in [0.2, 0.25) is 5.89 Å². The fourth-order valence-electron chi connectivity index (χ4n) is 3.31. The zero-order valence-corrected chi connectivity index (χ0v) is 15.7. The molecular weight excluding hydrogens is 348 g/mol. The smallest absolute Gasteiger partial charge is 0.317 e. The van der Waals surface area contributed by atoms with Gasteiger partial charge < -0.3 is 24.2 Å². The van der Waals surface area contributed by atoms with Crippen molar-refractivity contribution in [1.82, 2.24) is 20.4 Å². The van der Waals surface area contributed by atoms with Crippen LogP contribution in [0.15, 0.2) is 16.7 Å². The topological polar surface area (TPSA) is 89.7 Å². The van der Waals surface area contributed by atoms with E-state index in [0.29, 0.717) is 43.5 Å². The molecule has 144 valence electrons. The molecule has 2 amide bonds. The summed E-state index contributed by atoms with van der Waals surface area (Å²) in [6, 6.07) is 3.87. The third-order valence-electron chi connectivity index (χ3n) is 5.04. The van der Waals surface area contributed by atoms with Gasteiger partial charge in [-0.2, -0.15) is 4.98 Å². The zero-order valence-electron chi connectivity index (χ0n) is 15.7. The first-order valence-electron chi connectivity index (χ1n) is 9.27. The third-order valence-corrected chi connectivity index (χ3v) is 5.04. The Kier molecular flexibility index (Phi) is 4.87. The lowest BCUT2D eigenvalue weighted by atomic mass is 9.99. The zero-order chi connectivity index (χ0) is 18.8. The first kappa shape index (κ1) is 17.6. The van der Waals surface area contributed by atoms with Crippen LogP contribution in [0.3, 0.4) is 0 Å². The average Bonchev–Trinajstić information content (AvgIpc) is 3.45. The van der Waals surface area contributed by atoms with E-state index in [4.69, 9.17) is 14.0 Å². The molecule has 1 aliphatic heterocycles. The van der Waals surface area contributed by atoms with Gasteiger partial charge in [0.25, 0.3) is 0 Å². The van der Waals surface area contributed by atoms with E-state index < -0.39 is 0 Å². The Morgan fingerprint density at radius 2 is 2.00 bits per heavy atom. The molecule has 0 unspecified atom stereocenters. The highest BCUT2D eigenvalue weighted by molar-refractivity contribution is 5.74. The Morgan fingerprint density at radius 3 is 2.70 bits per heavy atom. The molecule has 1 aromatic heterocycles. The molecule has 1 aromatic carbocycles. The summed E-state index contributed by atoms with van der Waals surface area (Å²) in [7, 11) is 3.24. The molecule has 1 aliphatic carbocycles. The Hall–Kier alpha value is -2.77. The van der Waals surface area contributed by atoms with Crippen molar-refractivity contribution in [3.8, 4) is 11.5 Å². The summed E-state index contributed by atoms with van der Waals surface area (Å²) in [5, 5.41) is 6.92. The van der Waals surface area contributed by atoms with Crippen LogP contribution in [0.25, 0.3) is 0 Å². The fourth-order valence-corrected chi connectivity index (χ4v) is 3.31. The number of amides is 2. The lowest BCUT2D eigenvalue weighted by molar-refractivity contribution is 0.192. The van der Waals surface area contributed by atoms with E-state index >= 15 is 0 Å². The molecule has 0 bridgehead atoms. The molecule has 1 fully saturated rings. The molecular formula is C19H24N4O4.